The lowest BCUT2D eigenvalue weighted by Gasteiger charge is -2.25. The zero-order valence-corrected chi connectivity index (χ0v) is 10.9. The van der Waals surface area contributed by atoms with Crippen LogP contribution < -0.4 is 5.32 Å². The zero-order chi connectivity index (χ0) is 11.8. The minimum atomic E-state index is 0.382. The Morgan fingerprint density at radius 2 is 2.06 bits per heavy atom. The molecule has 0 aliphatic carbocycles. The Labute approximate surface area is 99.3 Å². The maximum Gasteiger partial charge on any atom is 0.0294 e. The third-order valence-corrected chi connectivity index (χ3v) is 3.25. The number of fused-ring (bicyclic) bond motifs is 1. The van der Waals surface area contributed by atoms with Crippen molar-refractivity contribution in [2.75, 3.05) is 6.54 Å². The third-order valence-electron chi connectivity index (χ3n) is 3.25. The molecular formula is C15H23N. The number of nitrogens with one attached hydrogen (secondary N) is 1. The quantitative estimate of drug-likeness (QED) is 0.759. The first-order valence-electron chi connectivity index (χ1n) is 6.31. The molecule has 0 saturated heterocycles. The fraction of sp³-hybridized carbons (Fsp3) is 0.600. The Hall–Kier alpha value is -0.820. The smallest absolute Gasteiger partial charge is 0.0294 e. The summed E-state index contributed by atoms with van der Waals surface area (Å²) in [4.78, 5) is 0. The molecule has 0 aromatic heterocycles. The van der Waals surface area contributed by atoms with Crippen LogP contribution in [0.25, 0.3) is 0 Å². The van der Waals surface area contributed by atoms with Crippen molar-refractivity contribution in [2.45, 2.75) is 46.6 Å². The van der Waals surface area contributed by atoms with Gasteiger partial charge in [0, 0.05) is 6.04 Å². The number of hydrogen-bond donors (Lipinski definition) is 1. The van der Waals surface area contributed by atoms with Gasteiger partial charge in [0.15, 0.2) is 0 Å². The van der Waals surface area contributed by atoms with Crippen LogP contribution in [0.1, 0.15) is 50.4 Å². The molecule has 0 radical (unpaired) electrons. The lowest BCUT2D eigenvalue weighted by molar-refractivity contribution is 0.410. The van der Waals surface area contributed by atoms with Crippen molar-refractivity contribution < 1.29 is 0 Å². The van der Waals surface area contributed by atoms with Crippen molar-refractivity contribution in [3.63, 3.8) is 0 Å². The maximum atomic E-state index is 3.51. The predicted octanol–water partition coefficient (Wildman–Crippen LogP) is 3.48. The number of rotatable bonds is 1. The van der Waals surface area contributed by atoms with Crippen LogP contribution in [0.2, 0.25) is 0 Å². The lowest BCUT2D eigenvalue weighted by Crippen LogP contribution is -2.27. The van der Waals surface area contributed by atoms with Gasteiger partial charge in [-0.1, -0.05) is 39.0 Å². The van der Waals surface area contributed by atoms with Gasteiger partial charge < -0.3 is 5.32 Å². The predicted molar refractivity (Wildman–Crippen MR) is 69.7 cm³/mol. The van der Waals surface area contributed by atoms with Crippen molar-refractivity contribution in [3.8, 4) is 0 Å². The molecule has 88 valence electrons. The molecule has 0 bridgehead atoms. The van der Waals surface area contributed by atoms with Crippen molar-refractivity contribution in [1.82, 2.24) is 5.32 Å². The Kier molecular flexibility index (Phi) is 3.07. The molecule has 0 fully saturated rings. The molecule has 1 aromatic carbocycles. The van der Waals surface area contributed by atoms with E-state index in [9.17, 15) is 0 Å². The van der Waals surface area contributed by atoms with Gasteiger partial charge in [-0.25, -0.2) is 0 Å². The molecule has 0 spiro atoms. The van der Waals surface area contributed by atoms with Gasteiger partial charge in [-0.15, -0.1) is 0 Å². The molecule has 1 aromatic rings. The fourth-order valence-corrected chi connectivity index (χ4v) is 2.55. The first-order valence-corrected chi connectivity index (χ1v) is 6.31. The first-order chi connectivity index (χ1) is 7.46. The van der Waals surface area contributed by atoms with Crippen molar-refractivity contribution >= 4 is 0 Å². The van der Waals surface area contributed by atoms with Crippen LogP contribution in [0.15, 0.2) is 18.2 Å². The summed E-state index contributed by atoms with van der Waals surface area (Å²) in [5, 5.41) is 3.51. The monoisotopic (exact) mass is 217 g/mol. The van der Waals surface area contributed by atoms with E-state index in [1.54, 1.807) is 5.56 Å². The average Bonchev–Trinajstić information content (AvgIpc) is 2.15. The summed E-state index contributed by atoms with van der Waals surface area (Å²) in [6.45, 7) is 10.3. The summed E-state index contributed by atoms with van der Waals surface area (Å²) in [5.41, 5.74) is 4.91. The second-order valence-electron chi connectivity index (χ2n) is 6.20. The molecule has 1 atom stereocenters. The fourth-order valence-electron chi connectivity index (χ4n) is 2.55. The third kappa shape index (κ3) is 2.65. The Morgan fingerprint density at radius 3 is 2.75 bits per heavy atom. The van der Waals surface area contributed by atoms with E-state index in [4.69, 9.17) is 0 Å². The first kappa shape index (κ1) is 11.7. The minimum absolute atomic E-state index is 0.382. The normalized spacial score (nSPS) is 20.6. The van der Waals surface area contributed by atoms with Crippen LogP contribution in [0.5, 0.6) is 0 Å². The molecule has 2 rings (SSSR count). The van der Waals surface area contributed by atoms with Gasteiger partial charge in [0.1, 0.15) is 0 Å². The van der Waals surface area contributed by atoms with E-state index in [0.717, 1.165) is 6.54 Å². The summed E-state index contributed by atoms with van der Waals surface area (Å²) < 4.78 is 0. The Bertz CT molecular complexity index is 374. The summed E-state index contributed by atoms with van der Waals surface area (Å²) in [5.74, 6) is 0. The summed E-state index contributed by atoms with van der Waals surface area (Å²) in [7, 11) is 0. The van der Waals surface area contributed by atoms with E-state index in [1.165, 1.54) is 24.0 Å². The molecule has 1 nitrogen and oxygen atoms in total. The van der Waals surface area contributed by atoms with Gasteiger partial charge in [-0.3, -0.25) is 0 Å². The standard InChI is InChI=1S/C15H23N/c1-11-14-6-5-12(10-15(2,3)4)9-13(14)7-8-16-11/h5-6,9,11,16H,7-8,10H2,1-4H3. The SMILES string of the molecule is CC1NCCc2cc(CC(C)(C)C)ccc21. The van der Waals surface area contributed by atoms with Crippen molar-refractivity contribution in [2.24, 2.45) is 5.41 Å². The summed E-state index contributed by atoms with van der Waals surface area (Å²) in [6.07, 6.45) is 2.35. The molecule has 1 heteroatoms. The number of benzene rings is 1. The lowest BCUT2D eigenvalue weighted by atomic mass is 9.85. The van der Waals surface area contributed by atoms with Crippen LogP contribution in [0.3, 0.4) is 0 Å². The second kappa shape index (κ2) is 4.21. The van der Waals surface area contributed by atoms with Crippen LogP contribution >= 0.6 is 0 Å². The van der Waals surface area contributed by atoms with E-state index < -0.39 is 0 Å². The zero-order valence-electron chi connectivity index (χ0n) is 10.9. The van der Waals surface area contributed by atoms with Gasteiger partial charge >= 0.3 is 0 Å². The van der Waals surface area contributed by atoms with Crippen LogP contribution in [0.4, 0.5) is 0 Å². The van der Waals surface area contributed by atoms with E-state index >= 15 is 0 Å². The van der Waals surface area contributed by atoms with Crippen molar-refractivity contribution in [3.05, 3.63) is 34.9 Å². The molecule has 1 aliphatic rings. The molecule has 1 N–H and O–H groups in total. The highest BCUT2D eigenvalue weighted by Crippen LogP contribution is 2.26. The highest BCUT2D eigenvalue weighted by molar-refractivity contribution is 5.36. The Balaban J connectivity index is 2.25. The van der Waals surface area contributed by atoms with Crippen LogP contribution in [0, 0.1) is 5.41 Å². The van der Waals surface area contributed by atoms with Crippen molar-refractivity contribution in [1.29, 1.82) is 0 Å². The van der Waals surface area contributed by atoms with Crippen LogP contribution in [-0.4, -0.2) is 6.54 Å². The summed E-state index contributed by atoms with van der Waals surface area (Å²) >= 11 is 0. The largest absolute Gasteiger partial charge is 0.310 e. The summed E-state index contributed by atoms with van der Waals surface area (Å²) in [6, 6.07) is 7.55. The molecule has 1 heterocycles. The second-order valence-corrected chi connectivity index (χ2v) is 6.20. The van der Waals surface area contributed by atoms with Gasteiger partial charge in [-0.05, 0) is 48.4 Å². The molecule has 0 amide bonds. The highest BCUT2D eigenvalue weighted by atomic mass is 14.9. The van der Waals surface area contributed by atoms with Gasteiger partial charge in [-0.2, -0.15) is 0 Å². The average molecular weight is 217 g/mol. The van der Waals surface area contributed by atoms with E-state index in [2.05, 4.69) is 51.2 Å². The van der Waals surface area contributed by atoms with E-state index in [0.29, 0.717) is 11.5 Å². The van der Waals surface area contributed by atoms with E-state index in [-0.39, 0.29) is 0 Å². The molecular weight excluding hydrogens is 194 g/mol. The number of hydrogen-bond acceptors (Lipinski definition) is 1. The van der Waals surface area contributed by atoms with Gasteiger partial charge in [0.2, 0.25) is 0 Å². The minimum Gasteiger partial charge on any atom is -0.310 e. The highest BCUT2D eigenvalue weighted by Gasteiger charge is 2.17. The Morgan fingerprint density at radius 1 is 1.31 bits per heavy atom. The maximum absolute atomic E-state index is 3.51. The molecule has 16 heavy (non-hydrogen) atoms. The molecule has 1 aliphatic heterocycles. The van der Waals surface area contributed by atoms with Gasteiger partial charge in [0.25, 0.3) is 0 Å². The van der Waals surface area contributed by atoms with Crippen LogP contribution in [-0.2, 0) is 12.8 Å². The molecule has 1 unspecified atom stereocenters. The van der Waals surface area contributed by atoms with Gasteiger partial charge in [0.05, 0.1) is 0 Å². The molecule has 0 saturated carbocycles. The topological polar surface area (TPSA) is 12.0 Å². The van der Waals surface area contributed by atoms with E-state index in [1.807, 2.05) is 0 Å².